The van der Waals surface area contributed by atoms with Crippen LogP contribution in [0.2, 0.25) is 0 Å². The molecule has 0 bridgehead atoms. The van der Waals surface area contributed by atoms with E-state index in [1.165, 1.54) is 12.1 Å². The van der Waals surface area contributed by atoms with E-state index in [1.807, 2.05) is 30.3 Å². The molecule has 0 N–H and O–H groups in total. The van der Waals surface area contributed by atoms with E-state index in [2.05, 4.69) is 4.90 Å². The normalized spacial score (nSPS) is 19.9. The van der Waals surface area contributed by atoms with Crippen molar-refractivity contribution in [3.05, 3.63) is 142 Å². The van der Waals surface area contributed by atoms with Gasteiger partial charge in [-0.05, 0) is 97.3 Å². The number of esters is 1. The predicted octanol–water partition coefficient (Wildman–Crippen LogP) is 10.3. The zero-order chi connectivity index (χ0) is 40.6. The summed E-state index contributed by atoms with van der Waals surface area (Å²) in [5, 5.41) is 0. The van der Waals surface area contributed by atoms with Crippen LogP contribution in [-0.2, 0) is 49.3 Å². The number of piperidine rings is 1. The van der Waals surface area contributed by atoms with E-state index in [0.717, 1.165) is 5.56 Å². The van der Waals surface area contributed by atoms with Gasteiger partial charge >= 0.3 is 24.5 Å². The Bertz CT molecular complexity index is 1880. The summed E-state index contributed by atoms with van der Waals surface area (Å²) in [6.45, 7) is 0.974. The molecule has 2 aliphatic rings. The van der Waals surface area contributed by atoms with Crippen LogP contribution in [0.4, 0.5) is 35.5 Å². The maximum Gasteiger partial charge on any atom is 0.508 e. The van der Waals surface area contributed by atoms with Gasteiger partial charge in [0.05, 0.1) is 23.1 Å². The van der Waals surface area contributed by atoms with Crippen LogP contribution in [0.15, 0.2) is 103 Å². The number of carbonyl (C=O) groups excluding carboxylic acids is 2. The molecule has 1 heterocycles. The second-order valence-electron chi connectivity index (χ2n) is 14.4. The topological polar surface area (TPSA) is 74.3 Å². The van der Waals surface area contributed by atoms with Crippen molar-refractivity contribution in [3.63, 3.8) is 0 Å². The maximum absolute atomic E-state index is 14.1. The Morgan fingerprint density at radius 3 is 1.81 bits per heavy atom. The molecule has 0 aromatic heterocycles. The van der Waals surface area contributed by atoms with Crippen molar-refractivity contribution < 1.29 is 59.3 Å². The minimum atomic E-state index is -5.13. The highest BCUT2D eigenvalue weighted by Gasteiger charge is 2.42. The van der Waals surface area contributed by atoms with E-state index in [0.29, 0.717) is 68.6 Å². The number of hydrogen-bond donors (Lipinski definition) is 0. The van der Waals surface area contributed by atoms with E-state index in [9.17, 15) is 40.3 Å². The summed E-state index contributed by atoms with van der Waals surface area (Å²) in [7, 11) is 0. The molecule has 4 aromatic carbocycles. The first kappa shape index (κ1) is 41.7. The van der Waals surface area contributed by atoms with E-state index in [-0.39, 0.29) is 37.1 Å². The summed E-state index contributed by atoms with van der Waals surface area (Å²) >= 11 is 0. The Labute approximate surface area is 325 Å². The fraction of sp³-hybridized carbons (Fsp3) is 0.395. The number of halogens is 7. The van der Waals surface area contributed by atoms with Crippen molar-refractivity contribution in [2.75, 3.05) is 26.2 Å². The molecular formula is C43H42F7NO6. The molecule has 304 valence electrons. The van der Waals surface area contributed by atoms with Crippen LogP contribution in [0.25, 0.3) is 0 Å². The minimum absolute atomic E-state index is 0.0224. The number of benzene rings is 4. The van der Waals surface area contributed by atoms with Gasteiger partial charge in [0.15, 0.2) is 0 Å². The van der Waals surface area contributed by atoms with Crippen LogP contribution in [0.3, 0.4) is 0 Å². The van der Waals surface area contributed by atoms with Gasteiger partial charge in [-0.1, -0.05) is 72.8 Å². The number of ether oxygens (including phenoxy) is 4. The largest absolute Gasteiger partial charge is 0.508 e. The molecule has 57 heavy (non-hydrogen) atoms. The van der Waals surface area contributed by atoms with Gasteiger partial charge in [0.1, 0.15) is 31.7 Å². The quantitative estimate of drug-likeness (QED) is 0.0985. The lowest BCUT2D eigenvalue weighted by Crippen LogP contribution is -2.40. The third kappa shape index (κ3) is 11.6. The molecule has 14 heteroatoms. The van der Waals surface area contributed by atoms with E-state index in [4.69, 9.17) is 18.9 Å². The van der Waals surface area contributed by atoms with Crippen LogP contribution in [0.5, 0.6) is 0 Å². The number of hydrogen-bond acceptors (Lipinski definition) is 7. The molecule has 7 nitrogen and oxygen atoms in total. The first-order valence-corrected chi connectivity index (χ1v) is 18.7. The number of rotatable bonds is 13. The number of carbonyl (C=O) groups is 2. The predicted molar refractivity (Wildman–Crippen MR) is 194 cm³/mol. The zero-order valence-corrected chi connectivity index (χ0v) is 30.8. The summed E-state index contributed by atoms with van der Waals surface area (Å²) in [5.41, 5.74) is -1.39. The fourth-order valence-electron chi connectivity index (χ4n) is 7.59. The number of alkyl halides is 6. The van der Waals surface area contributed by atoms with Crippen LogP contribution in [0.1, 0.15) is 71.1 Å². The lowest BCUT2D eigenvalue weighted by molar-refractivity contribution is -0.151. The third-order valence-corrected chi connectivity index (χ3v) is 10.5. The zero-order valence-electron chi connectivity index (χ0n) is 30.8. The average molecular weight is 802 g/mol. The standard InChI is InChI=1S/C43H42F7NO6/c44-36-14-11-30(12-15-36)39-32(24-51-19-17-31(18-20-51)40(52)54-25-28-7-3-1-4-8-28)13-16-37(39)57-38(27-56-41(53)55-26-29-9-5-2-6-10-29)33-21-34(42(45,46)47)23-35(22-33)43(48,49)50/h1-12,14-15,21-23,31-32,37-39H,13,16-20,24-27H2. The first-order valence-electron chi connectivity index (χ1n) is 18.7. The van der Waals surface area contributed by atoms with E-state index < -0.39 is 65.7 Å². The third-order valence-electron chi connectivity index (χ3n) is 10.5. The highest BCUT2D eigenvalue weighted by molar-refractivity contribution is 5.72. The highest BCUT2D eigenvalue weighted by Crippen LogP contribution is 2.45. The average Bonchev–Trinajstić information content (AvgIpc) is 3.59. The number of likely N-dealkylation sites (tertiary alicyclic amines) is 1. The molecule has 2 fully saturated rings. The maximum atomic E-state index is 14.1. The summed E-state index contributed by atoms with van der Waals surface area (Å²) in [5.74, 6) is -1.61. The van der Waals surface area contributed by atoms with Gasteiger partial charge < -0.3 is 23.8 Å². The minimum Gasteiger partial charge on any atom is -0.461 e. The van der Waals surface area contributed by atoms with Gasteiger partial charge in [0.25, 0.3) is 0 Å². The molecule has 1 saturated heterocycles. The first-order chi connectivity index (χ1) is 27.2. The molecule has 4 aromatic rings. The van der Waals surface area contributed by atoms with Crippen molar-refractivity contribution in [1.29, 1.82) is 0 Å². The summed E-state index contributed by atoms with van der Waals surface area (Å²) in [6, 6.07) is 24.8. The van der Waals surface area contributed by atoms with Crippen molar-refractivity contribution in [2.45, 2.75) is 69.4 Å². The Morgan fingerprint density at radius 1 is 0.684 bits per heavy atom. The Balaban J connectivity index is 1.20. The smallest absolute Gasteiger partial charge is 0.461 e. The number of nitrogens with zero attached hydrogens (tertiary/aromatic N) is 1. The van der Waals surface area contributed by atoms with E-state index in [1.54, 1.807) is 42.5 Å². The Morgan fingerprint density at radius 2 is 1.25 bits per heavy atom. The molecule has 0 radical (unpaired) electrons. The van der Waals surface area contributed by atoms with Gasteiger partial charge in [-0.15, -0.1) is 0 Å². The van der Waals surface area contributed by atoms with Crippen molar-refractivity contribution in [1.82, 2.24) is 4.90 Å². The molecule has 1 aliphatic carbocycles. The van der Waals surface area contributed by atoms with Crippen LogP contribution in [0, 0.1) is 17.7 Å². The van der Waals surface area contributed by atoms with Gasteiger partial charge in [-0.2, -0.15) is 26.3 Å². The lowest BCUT2D eigenvalue weighted by atomic mass is 9.86. The summed E-state index contributed by atoms with van der Waals surface area (Å²) < 4.78 is 120. The molecular weight excluding hydrogens is 759 g/mol. The monoisotopic (exact) mass is 801 g/mol. The fourth-order valence-corrected chi connectivity index (χ4v) is 7.59. The molecule has 4 atom stereocenters. The van der Waals surface area contributed by atoms with Gasteiger partial charge in [0.2, 0.25) is 0 Å². The van der Waals surface area contributed by atoms with Gasteiger partial charge in [-0.25, -0.2) is 9.18 Å². The second kappa shape index (κ2) is 18.5. The van der Waals surface area contributed by atoms with Gasteiger partial charge in [0, 0.05) is 12.5 Å². The Hall–Kier alpha value is -4.95. The van der Waals surface area contributed by atoms with Crippen LogP contribution in [-0.4, -0.2) is 49.4 Å². The SMILES string of the molecule is O=C(OCc1ccccc1)OCC(OC1CCC(CN2CCC(C(=O)OCc3ccccc3)CC2)C1c1ccc(F)cc1)c1cc(C(F)(F)F)cc(C(F)(F)F)c1. The van der Waals surface area contributed by atoms with Crippen molar-refractivity contribution >= 4 is 12.1 Å². The molecule has 0 spiro atoms. The summed E-state index contributed by atoms with van der Waals surface area (Å²) in [6.07, 6.45) is -11.7. The molecule has 0 amide bonds. The van der Waals surface area contributed by atoms with Crippen molar-refractivity contribution in [3.8, 4) is 0 Å². The Kier molecular flexibility index (Phi) is 13.6. The molecule has 4 unspecified atom stereocenters. The second-order valence-corrected chi connectivity index (χ2v) is 14.4. The molecule has 1 saturated carbocycles. The van der Waals surface area contributed by atoms with Crippen molar-refractivity contribution in [2.24, 2.45) is 11.8 Å². The lowest BCUT2D eigenvalue weighted by Gasteiger charge is -2.35. The van der Waals surface area contributed by atoms with Gasteiger partial charge in [-0.3, -0.25) is 4.79 Å². The van der Waals surface area contributed by atoms with E-state index >= 15 is 0 Å². The molecule has 1 aliphatic heterocycles. The van der Waals surface area contributed by atoms with Crippen LogP contribution < -0.4 is 0 Å². The van der Waals surface area contributed by atoms with Crippen LogP contribution >= 0.6 is 0 Å². The molecule has 6 rings (SSSR count). The summed E-state index contributed by atoms with van der Waals surface area (Å²) in [4.78, 5) is 27.7. The highest BCUT2D eigenvalue weighted by atomic mass is 19.4.